The predicted octanol–water partition coefficient (Wildman–Crippen LogP) is 4.06. The van der Waals surface area contributed by atoms with Gasteiger partial charge in [-0.1, -0.05) is 24.3 Å². The first-order chi connectivity index (χ1) is 18.0. The first kappa shape index (κ1) is 24.3. The van der Waals surface area contributed by atoms with Gasteiger partial charge in [-0.3, -0.25) is 4.79 Å². The molecule has 0 saturated carbocycles. The maximum absolute atomic E-state index is 13.0. The molecule has 4 aliphatic rings. The van der Waals surface area contributed by atoms with Crippen LogP contribution in [0.2, 0.25) is 0 Å². The number of hydrogen-bond acceptors (Lipinski definition) is 7. The average Bonchev–Trinajstić information content (AvgIpc) is 3.27. The summed E-state index contributed by atoms with van der Waals surface area (Å²) < 4.78 is 29.1. The molecule has 1 fully saturated rings. The highest BCUT2D eigenvalue weighted by Crippen LogP contribution is 2.62. The maximum Gasteiger partial charge on any atom is 0.306 e. The van der Waals surface area contributed by atoms with Gasteiger partial charge in [-0.15, -0.1) is 0 Å². The van der Waals surface area contributed by atoms with E-state index in [0.717, 1.165) is 43.7 Å². The molecule has 1 spiro atoms. The highest BCUT2D eigenvalue weighted by molar-refractivity contribution is 5.70. The summed E-state index contributed by atoms with van der Waals surface area (Å²) in [6, 6.07) is 12.5. The third-order valence-corrected chi connectivity index (χ3v) is 8.72. The molecule has 196 valence electrons. The monoisotopic (exact) mass is 505 g/mol. The fourth-order valence-electron chi connectivity index (χ4n) is 6.99. The van der Waals surface area contributed by atoms with Gasteiger partial charge in [0.15, 0.2) is 24.4 Å². The van der Waals surface area contributed by atoms with Gasteiger partial charge >= 0.3 is 5.97 Å². The van der Waals surface area contributed by atoms with Gasteiger partial charge < -0.3 is 28.6 Å². The van der Waals surface area contributed by atoms with Crippen LogP contribution in [0.4, 0.5) is 0 Å². The van der Waals surface area contributed by atoms with Gasteiger partial charge in [-0.05, 0) is 74.7 Å². The second-order valence-corrected chi connectivity index (χ2v) is 10.6. The third-order valence-electron chi connectivity index (χ3n) is 8.72. The van der Waals surface area contributed by atoms with Crippen LogP contribution in [0.3, 0.4) is 0 Å². The molecule has 2 aromatic carbocycles. The standard InChI is InChI=1S/C30H35NO6/c1-31-16-15-30-22-12-14-25(36-26(32)6-4-5-19-7-10-21(34-3)11-8-19)29(30)37-28-24(35-18-33-2)13-9-20(27(28)30)17-23(22)31/h7-14,22-23,25,29H,4-6,15-18H2,1-3H3/t22-,23+,25?,29?,30-/m0/s1. The number of hydrogen-bond donors (Lipinski definition) is 0. The van der Waals surface area contributed by atoms with Crippen LogP contribution in [-0.4, -0.2) is 63.7 Å². The number of ether oxygens (including phenoxy) is 5. The van der Waals surface area contributed by atoms with Crippen molar-refractivity contribution in [1.29, 1.82) is 0 Å². The van der Waals surface area contributed by atoms with Gasteiger partial charge in [0.1, 0.15) is 11.9 Å². The molecular formula is C30H35NO6. The van der Waals surface area contributed by atoms with Crippen molar-refractivity contribution in [1.82, 2.24) is 4.90 Å². The Bertz CT molecular complexity index is 1190. The van der Waals surface area contributed by atoms with Crippen LogP contribution in [0.15, 0.2) is 48.6 Å². The van der Waals surface area contributed by atoms with E-state index >= 15 is 0 Å². The van der Waals surface area contributed by atoms with E-state index in [0.29, 0.717) is 24.1 Å². The summed E-state index contributed by atoms with van der Waals surface area (Å²) in [5, 5.41) is 0. The number of carbonyl (C=O) groups excluding carboxylic acids is 1. The van der Waals surface area contributed by atoms with E-state index in [9.17, 15) is 4.79 Å². The number of carbonyl (C=O) groups is 1. The van der Waals surface area contributed by atoms with Crippen molar-refractivity contribution >= 4 is 5.97 Å². The van der Waals surface area contributed by atoms with Crippen molar-refractivity contribution in [3.05, 3.63) is 65.2 Å². The Labute approximate surface area is 218 Å². The fraction of sp³-hybridized carbons (Fsp3) is 0.500. The van der Waals surface area contributed by atoms with E-state index < -0.39 is 6.10 Å². The van der Waals surface area contributed by atoms with Crippen LogP contribution < -0.4 is 14.2 Å². The molecule has 2 unspecified atom stereocenters. The first-order valence-corrected chi connectivity index (χ1v) is 13.2. The summed E-state index contributed by atoms with van der Waals surface area (Å²) in [5.74, 6) is 2.46. The molecule has 0 N–H and O–H groups in total. The minimum atomic E-state index is -0.428. The molecule has 7 heteroatoms. The number of esters is 1. The number of piperidine rings is 1. The quantitative estimate of drug-likeness (QED) is 0.289. The minimum absolute atomic E-state index is 0.159. The maximum atomic E-state index is 13.0. The smallest absolute Gasteiger partial charge is 0.306 e. The van der Waals surface area contributed by atoms with Gasteiger partial charge in [0.05, 0.1) is 7.11 Å². The number of likely N-dealkylation sites (tertiary alicyclic amines) is 1. The molecular weight excluding hydrogens is 470 g/mol. The predicted molar refractivity (Wildman–Crippen MR) is 138 cm³/mol. The summed E-state index contributed by atoms with van der Waals surface area (Å²) in [5.41, 5.74) is 3.54. The van der Waals surface area contributed by atoms with E-state index in [4.69, 9.17) is 23.7 Å². The van der Waals surface area contributed by atoms with Gasteiger partial charge in [0, 0.05) is 36.5 Å². The Morgan fingerprint density at radius 1 is 1.14 bits per heavy atom. The average molecular weight is 506 g/mol. The molecule has 0 aromatic heterocycles. The molecule has 1 saturated heterocycles. The van der Waals surface area contributed by atoms with Crippen molar-refractivity contribution in [2.75, 3.05) is 34.6 Å². The molecule has 5 atom stereocenters. The van der Waals surface area contributed by atoms with Crippen molar-refractivity contribution in [3.63, 3.8) is 0 Å². The molecule has 0 amide bonds. The normalized spacial score (nSPS) is 28.8. The molecule has 37 heavy (non-hydrogen) atoms. The van der Waals surface area contributed by atoms with Crippen LogP contribution in [0.25, 0.3) is 0 Å². The van der Waals surface area contributed by atoms with Gasteiger partial charge in [-0.2, -0.15) is 0 Å². The lowest BCUT2D eigenvalue weighted by atomic mass is 9.53. The molecule has 2 heterocycles. The van der Waals surface area contributed by atoms with Crippen molar-refractivity contribution < 1.29 is 28.5 Å². The minimum Gasteiger partial charge on any atom is -0.497 e. The molecule has 2 aliphatic heterocycles. The lowest BCUT2D eigenvalue weighted by molar-refractivity contribution is -0.155. The van der Waals surface area contributed by atoms with Crippen molar-refractivity contribution in [2.45, 2.75) is 55.8 Å². The zero-order valence-corrected chi connectivity index (χ0v) is 21.8. The van der Waals surface area contributed by atoms with E-state index in [1.807, 2.05) is 30.3 Å². The Morgan fingerprint density at radius 2 is 1.97 bits per heavy atom. The molecule has 7 nitrogen and oxygen atoms in total. The highest BCUT2D eigenvalue weighted by Gasteiger charge is 2.65. The van der Waals surface area contributed by atoms with Crippen LogP contribution in [0.1, 0.15) is 36.0 Å². The van der Waals surface area contributed by atoms with Crippen molar-refractivity contribution in [3.8, 4) is 17.2 Å². The van der Waals surface area contributed by atoms with E-state index in [2.05, 4.69) is 30.2 Å². The van der Waals surface area contributed by atoms with Crippen LogP contribution >= 0.6 is 0 Å². The Balaban J connectivity index is 1.22. The zero-order valence-electron chi connectivity index (χ0n) is 21.8. The van der Waals surface area contributed by atoms with Crippen LogP contribution in [-0.2, 0) is 32.5 Å². The Kier molecular flexibility index (Phi) is 6.37. The zero-order chi connectivity index (χ0) is 25.6. The molecule has 6 rings (SSSR count). The molecule has 2 aliphatic carbocycles. The summed E-state index contributed by atoms with van der Waals surface area (Å²) in [4.78, 5) is 15.4. The van der Waals surface area contributed by atoms with Crippen LogP contribution in [0, 0.1) is 5.92 Å². The number of likely N-dealkylation sites (N-methyl/N-ethyl adjacent to an activating group) is 1. The highest BCUT2D eigenvalue weighted by atomic mass is 16.7. The lowest BCUT2D eigenvalue weighted by Gasteiger charge is -2.56. The third kappa shape index (κ3) is 3.99. The van der Waals surface area contributed by atoms with Gasteiger partial charge in [0.2, 0.25) is 0 Å². The second-order valence-electron chi connectivity index (χ2n) is 10.6. The topological polar surface area (TPSA) is 66.5 Å². The van der Waals surface area contributed by atoms with Crippen LogP contribution in [0.5, 0.6) is 17.2 Å². The van der Waals surface area contributed by atoms with E-state index in [-0.39, 0.29) is 24.3 Å². The fourth-order valence-corrected chi connectivity index (χ4v) is 6.99. The van der Waals surface area contributed by atoms with Gasteiger partial charge in [-0.25, -0.2) is 0 Å². The molecule has 0 radical (unpaired) electrons. The SMILES string of the molecule is COCOc1ccc2c3c1OC1C(OC(=O)CCCc4ccc(OC)cc4)C=C[C@H]4[C@@H](C2)N(C)CC[C@]314. The van der Waals surface area contributed by atoms with Gasteiger partial charge in [0.25, 0.3) is 0 Å². The summed E-state index contributed by atoms with van der Waals surface area (Å²) in [6.45, 7) is 1.14. The number of methoxy groups -OCH3 is 2. The summed E-state index contributed by atoms with van der Waals surface area (Å²) in [6.07, 6.45) is 7.51. The Hall–Kier alpha value is -3.03. The number of aryl methyl sites for hydroxylation is 1. The molecule has 2 aromatic rings. The number of rotatable bonds is 9. The second kappa shape index (κ2) is 9.69. The largest absolute Gasteiger partial charge is 0.497 e. The Morgan fingerprint density at radius 3 is 2.76 bits per heavy atom. The lowest BCUT2D eigenvalue weighted by Crippen LogP contribution is -2.65. The van der Waals surface area contributed by atoms with Crippen molar-refractivity contribution in [2.24, 2.45) is 5.92 Å². The number of nitrogens with zero attached hydrogens (tertiary/aromatic N) is 1. The van der Waals surface area contributed by atoms with E-state index in [1.54, 1.807) is 14.2 Å². The van der Waals surface area contributed by atoms with E-state index in [1.165, 1.54) is 16.7 Å². The molecule has 2 bridgehead atoms. The number of benzene rings is 2. The summed E-state index contributed by atoms with van der Waals surface area (Å²) in [7, 11) is 5.49. The first-order valence-electron chi connectivity index (χ1n) is 13.2. The summed E-state index contributed by atoms with van der Waals surface area (Å²) >= 11 is 0.